The summed E-state index contributed by atoms with van der Waals surface area (Å²) in [6.45, 7) is 0. The molecule has 0 amide bonds. The van der Waals surface area contributed by atoms with Crippen molar-refractivity contribution in [2.24, 2.45) is 0 Å². The molecule has 12 heteroatoms. The maximum absolute atomic E-state index is 5.77. The Morgan fingerprint density at radius 3 is 0.818 bits per heavy atom. The highest BCUT2D eigenvalue weighted by atomic mass is 32.1. The van der Waals surface area contributed by atoms with E-state index in [4.69, 9.17) is 17.7 Å². The van der Waals surface area contributed by atoms with E-state index in [0.29, 0.717) is 0 Å². The molecular weight excluding hydrogens is 969 g/mol. The lowest BCUT2D eigenvalue weighted by Crippen LogP contribution is -1.83. The van der Waals surface area contributed by atoms with Crippen LogP contribution in [0.5, 0.6) is 0 Å². The summed E-state index contributed by atoms with van der Waals surface area (Å²) in [5.41, 5.74) is 6.00. The van der Waals surface area contributed by atoms with Crippen molar-refractivity contribution in [3.05, 3.63) is 153 Å². The monoisotopic (exact) mass is 994 g/mol. The summed E-state index contributed by atoms with van der Waals surface area (Å²) in [4.78, 5) is 2.73. The summed E-state index contributed by atoms with van der Waals surface area (Å²) in [5, 5.41) is 35.0. The van der Waals surface area contributed by atoms with E-state index in [-0.39, 0.29) is 0 Å². The standard InChI is InChI=1S/C18H8O4.C18H8S4.C18H10S4/c2*1-5-19-15-9(1)10-2-6-20-16(10)14-13(15)17-11(3-7-21-17)12-4-8-22-18(12)14;1-3-13(19-7-1)15-16(14-4-2-8-20-14)18-12(6-10-22-18)11-5-9-21-17(11)15/h2*1-8H;1-10H. The molecule has 0 aliphatic heterocycles. The molecule has 0 radical (unpaired) electrons. The summed E-state index contributed by atoms with van der Waals surface area (Å²) in [6, 6.07) is 30.3. The highest BCUT2D eigenvalue weighted by Crippen LogP contribution is 2.52. The molecule has 12 aromatic heterocycles. The number of furan rings is 4. The van der Waals surface area contributed by atoms with Gasteiger partial charge in [0.1, 0.15) is 22.3 Å². The van der Waals surface area contributed by atoms with Crippen LogP contribution in [0.25, 0.3) is 147 Å². The maximum atomic E-state index is 5.77. The Kier molecular flexibility index (Phi) is 8.49. The van der Waals surface area contributed by atoms with Crippen molar-refractivity contribution in [3.63, 3.8) is 0 Å². The molecule has 0 spiro atoms. The maximum Gasteiger partial charge on any atom is 0.146 e. The van der Waals surface area contributed by atoms with E-state index in [0.717, 1.165) is 54.6 Å². The minimum Gasteiger partial charge on any atom is -0.464 e. The molecule has 0 aliphatic rings. The largest absolute Gasteiger partial charge is 0.464 e. The lowest BCUT2D eigenvalue weighted by Gasteiger charge is -2.11. The van der Waals surface area contributed by atoms with Crippen molar-refractivity contribution in [1.82, 2.24) is 0 Å². The van der Waals surface area contributed by atoms with Gasteiger partial charge in [0, 0.05) is 114 Å². The fourth-order valence-corrected chi connectivity index (χ4v) is 17.7. The van der Waals surface area contributed by atoms with Crippen LogP contribution < -0.4 is 0 Å². The molecule has 17 rings (SSSR count). The van der Waals surface area contributed by atoms with Gasteiger partial charge in [-0.25, -0.2) is 0 Å². The molecule has 0 atom stereocenters. The van der Waals surface area contributed by atoms with Crippen molar-refractivity contribution in [3.8, 4) is 20.9 Å². The number of fused-ring (bicyclic) bond motifs is 25. The van der Waals surface area contributed by atoms with Gasteiger partial charge in [-0.15, -0.1) is 90.7 Å². The Morgan fingerprint density at radius 1 is 0.242 bits per heavy atom. The van der Waals surface area contributed by atoms with Crippen LogP contribution in [-0.2, 0) is 0 Å². The second-order valence-electron chi connectivity index (χ2n) is 15.8. The molecule has 0 N–H and O–H groups in total. The fraction of sp³-hybridized carbons (Fsp3) is 0. The van der Waals surface area contributed by atoms with E-state index in [1.807, 2.05) is 115 Å². The van der Waals surface area contributed by atoms with Crippen LogP contribution in [0.3, 0.4) is 0 Å². The Morgan fingerprint density at radius 2 is 0.530 bits per heavy atom. The zero-order valence-electron chi connectivity index (χ0n) is 33.9. The van der Waals surface area contributed by atoms with Crippen LogP contribution >= 0.6 is 90.7 Å². The second kappa shape index (κ2) is 14.7. The van der Waals surface area contributed by atoms with Crippen molar-refractivity contribution >= 4 is 217 Å². The van der Waals surface area contributed by atoms with Gasteiger partial charge in [0.05, 0.1) is 35.8 Å². The Balaban J connectivity index is 0.0000000909. The van der Waals surface area contributed by atoms with Gasteiger partial charge in [0.2, 0.25) is 0 Å². The van der Waals surface area contributed by atoms with E-state index < -0.39 is 0 Å². The first-order valence-corrected chi connectivity index (χ1v) is 27.9. The first kappa shape index (κ1) is 38.1. The first-order chi connectivity index (χ1) is 32.8. The van der Waals surface area contributed by atoms with Crippen molar-refractivity contribution in [1.29, 1.82) is 0 Å². The average molecular weight is 995 g/mol. The number of benzene rings is 5. The molecule has 12 heterocycles. The van der Waals surface area contributed by atoms with Crippen LogP contribution in [0.1, 0.15) is 0 Å². The molecule has 5 aromatic carbocycles. The number of hydrogen-bond acceptors (Lipinski definition) is 12. The highest BCUT2D eigenvalue weighted by Gasteiger charge is 2.24. The molecule has 17 aromatic rings. The molecule has 0 saturated carbocycles. The number of thiophene rings is 8. The molecule has 0 fully saturated rings. The summed E-state index contributed by atoms with van der Waals surface area (Å²) in [6.07, 6.45) is 6.77. The Bertz CT molecular complexity index is 3950. The molecule has 0 saturated heterocycles. The zero-order chi connectivity index (χ0) is 43.0. The van der Waals surface area contributed by atoms with E-state index in [1.54, 1.807) is 25.1 Å². The summed E-state index contributed by atoms with van der Waals surface area (Å²) < 4.78 is 31.7. The second-order valence-corrected chi connectivity index (χ2v) is 23.2. The van der Waals surface area contributed by atoms with Crippen LogP contribution in [0, 0.1) is 0 Å². The lowest BCUT2D eigenvalue weighted by molar-refractivity contribution is 0.605. The molecule has 66 heavy (non-hydrogen) atoms. The van der Waals surface area contributed by atoms with Crippen LogP contribution in [-0.4, -0.2) is 0 Å². The molecule has 0 aliphatic carbocycles. The van der Waals surface area contributed by atoms with Gasteiger partial charge in [-0.05, 0) is 116 Å². The third-order valence-electron chi connectivity index (χ3n) is 12.7. The minimum absolute atomic E-state index is 0.794. The highest BCUT2D eigenvalue weighted by molar-refractivity contribution is 7.25. The van der Waals surface area contributed by atoms with E-state index in [1.165, 1.54) is 92.2 Å². The van der Waals surface area contributed by atoms with Crippen LogP contribution in [0.4, 0.5) is 0 Å². The molecular formula is C54H26O4S8. The zero-order valence-corrected chi connectivity index (χ0v) is 40.4. The normalized spacial score (nSPS) is 12.2. The predicted molar refractivity (Wildman–Crippen MR) is 292 cm³/mol. The SMILES string of the molecule is c1cc2c3ccoc3c3c4occc4c4ccoc4c3c2o1.c1cc2c3ccsc3c3c4sccc4c4ccsc4c3c2s1.c1csc(-c2c(-c3cccs3)c3sccc3c3ccsc23)c1. The predicted octanol–water partition coefficient (Wildman–Crippen LogP) is 21.1. The molecule has 314 valence electrons. The van der Waals surface area contributed by atoms with Crippen LogP contribution in [0.15, 0.2) is 171 Å². The minimum atomic E-state index is 0.794. The Labute approximate surface area is 404 Å². The summed E-state index contributed by atoms with van der Waals surface area (Å²) >= 11 is 14.9. The van der Waals surface area contributed by atoms with Crippen molar-refractivity contribution < 1.29 is 17.7 Å². The molecule has 4 nitrogen and oxygen atoms in total. The van der Waals surface area contributed by atoms with E-state index >= 15 is 0 Å². The van der Waals surface area contributed by atoms with E-state index in [9.17, 15) is 0 Å². The smallest absolute Gasteiger partial charge is 0.146 e. The average Bonchev–Trinajstić information content (AvgIpc) is 4.19. The lowest BCUT2D eigenvalue weighted by atomic mass is 9.99. The number of hydrogen-bond donors (Lipinski definition) is 0. The van der Waals surface area contributed by atoms with Gasteiger partial charge in [-0.3, -0.25) is 0 Å². The molecule has 0 bridgehead atoms. The van der Waals surface area contributed by atoms with Crippen LogP contribution in [0.2, 0.25) is 0 Å². The van der Waals surface area contributed by atoms with Gasteiger partial charge in [-0.2, -0.15) is 0 Å². The van der Waals surface area contributed by atoms with Gasteiger partial charge in [0.15, 0.2) is 0 Å². The third-order valence-corrected chi connectivity index (χ3v) is 20.0. The molecule has 0 unspecified atom stereocenters. The van der Waals surface area contributed by atoms with Gasteiger partial charge in [0.25, 0.3) is 0 Å². The Hall–Kier alpha value is -6.06. The van der Waals surface area contributed by atoms with Crippen molar-refractivity contribution in [2.75, 3.05) is 0 Å². The summed E-state index contributed by atoms with van der Waals surface area (Å²) in [5.74, 6) is 0. The topological polar surface area (TPSA) is 52.6 Å². The van der Waals surface area contributed by atoms with Crippen molar-refractivity contribution in [2.45, 2.75) is 0 Å². The fourth-order valence-electron chi connectivity index (χ4n) is 10.0. The summed E-state index contributed by atoms with van der Waals surface area (Å²) in [7, 11) is 0. The quantitative estimate of drug-likeness (QED) is 0.173. The van der Waals surface area contributed by atoms with Gasteiger partial charge < -0.3 is 17.7 Å². The third kappa shape index (κ3) is 5.32. The van der Waals surface area contributed by atoms with E-state index in [2.05, 4.69) is 104 Å². The number of rotatable bonds is 2. The van der Waals surface area contributed by atoms with Gasteiger partial charge >= 0.3 is 0 Å². The first-order valence-electron chi connectivity index (χ1n) is 20.9. The van der Waals surface area contributed by atoms with Gasteiger partial charge in [-0.1, -0.05) is 12.1 Å².